The zero-order chi connectivity index (χ0) is 12.9. The molecule has 4 nitrogen and oxygen atoms in total. The molecule has 0 aromatic heterocycles. The highest BCUT2D eigenvalue weighted by atomic mass is 32.2. The molecule has 0 aromatic carbocycles. The summed E-state index contributed by atoms with van der Waals surface area (Å²) in [7, 11) is -1.16. The van der Waals surface area contributed by atoms with Crippen molar-refractivity contribution in [3.05, 3.63) is 0 Å². The lowest BCUT2D eigenvalue weighted by molar-refractivity contribution is 0.204. The van der Waals surface area contributed by atoms with Gasteiger partial charge in [-0.15, -0.1) is 0 Å². The Bertz CT molecular complexity index is 306. The Morgan fingerprint density at radius 2 is 1.76 bits per heavy atom. The maximum Gasteiger partial charge on any atom is 0.214 e. The molecule has 17 heavy (non-hydrogen) atoms. The van der Waals surface area contributed by atoms with Gasteiger partial charge < -0.3 is 5.32 Å². The van der Waals surface area contributed by atoms with E-state index in [1.54, 1.807) is 4.31 Å². The molecule has 0 aliphatic carbocycles. The van der Waals surface area contributed by atoms with Gasteiger partial charge in [-0.3, -0.25) is 0 Å². The molecule has 1 heterocycles. The van der Waals surface area contributed by atoms with E-state index >= 15 is 0 Å². The lowest BCUT2D eigenvalue weighted by Gasteiger charge is -2.37. The zero-order valence-electron chi connectivity index (χ0n) is 11.3. The smallest absolute Gasteiger partial charge is 0.214 e. The highest BCUT2D eigenvalue weighted by Gasteiger charge is 2.33. The standard InChI is InChI=1S/C12H26N2O2S/c1-11-7-6-8-12(2)14(11)17(15,16)10-5-4-9-13-3/h11-13H,4-10H2,1-3H3. The van der Waals surface area contributed by atoms with E-state index < -0.39 is 10.0 Å². The summed E-state index contributed by atoms with van der Waals surface area (Å²) in [5, 5.41) is 3.04. The van der Waals surface area contributed by atoms with Gasteiger partial charge in [-0.25, -0.2) is 8.42 Å². The van der Waals surface area contributed by atoms with Gasteiger partial charge in [0.05, 0.1) is 5.75 Å². The number of nitrogens with zero attached hydrogens (tertiary/aromatic N) is 1. The molecule has 0 radical (unpaired) electrons. The van der Waals surface area contributed by atoms with Crippen molar-refractivity contribution in [2.75, 3.05) is 19.3 Å². The minimum atomic E-state index is -3.06. The van der Waals surface area contributed by atoms with Crippen molar-refractivity contribution < 1.29 is 8.42 Å². The fraction of sp³-hybridized carbons (Fsp3) is 1.00. The van der Waals surface area contributed by atoms with E-state index in [-0.39, 0.29) is 12.1 Å². The molecule has 102 valence electrons. The SMILES string of the molecule is CNCCCCS(=O)(=O)N1C(C)CCCC1C. The van der Waals surface area contributed by atoms with Gasteiger partial charge in [-0.1, -0.05) is 6.42 Å². The lowest BCUT2D eigenvalue weighted by Crippen LogP contribution is -2.48. The number of hydrogen-bond donors (Lipinski definition) is 1. The fourth-order valence-corrected chi connectivity index (χ4v) is 4.72. The van der Waals surface area contributed by atoms with Gasteiger partial charge in [0, 0.05) is 12.1 Å². The molecule has 2 atom stereocenters. The first-order valence-corrected chi connectivity index (χ1v) is 8.25. The predicted molar refractivity (Wildman–Crippen MR) is 71.6 cm³/mol. The van der Waals surface area contributed by atoms with Crippen LogP contribution in [0, 0.1) is 0 Å². The molecule has 0 spiro atoms. The van der Waals surface area contributed by atoms with Crippen molar-refractivity contribution in [1.82, 2.24) is 9.62 Å². The van der Waals surface area contributed by atoms with Gasteiger partial charge in [0.25, 0.3) is 0 Å². The Labute approximate surface area is 106 Å². The zero-order valence-corrected chi connectivity index (χ0v) is 12.1. The Balaban J connectivity index is 2.55. The molecular weight excluding hydrogens is 236 g/mol. The quantitative estimate of drug-likeness (QED) is 0.739. The molecule has 0 bridgehead atoms. The number of nitrogens with one attached hydrogen (secondary N) is 1. The van der Waals surface area contributed by atoms with Crippen LogP contribution in [-0.4, -0.2) is 44.2 Å². The minimum absolute atomic E-state index is 0.174. The second-order valence-electron chi connectivity index (χ2n) is 5.09. The maximum atomic E-state index is 12.3. The summed E-state index contributed by atoms with van der Waals surface area (Å²) in [6, 6.07) is 0.348. The van der Waals surface area contributed by atoms with Crippen molar-refractivity contribution in [1.29, 1.82) is 0 Å². The Hall–Kier alpha value is -0.130. The highest BCUT2D eigenvalue weighted by Crippen LogP contribution is 2.26. The average molecular weight is 262 g/mol. The third kappa shape index (κ3) is 4.23. The number of unbranched alkanes of at least 4 members (excludes halogenated alkanes) is 1. The van der Waals surface area contributed by atoms with E-state index in [0.717, 1.165) is 38.6 Å². The summed E-state index contributed by atoms with van der Waals surface area (Å²) in [5.74, 6) is 0.295. The van der Waals surface area contributed by atoms with E-state index in [4.69, 9.17) is 0 Å². The molecule has 1 fully saturated rings. The first-order chi connectivity index (χ1) is 7.99. The number of sulfonamides is 1. The van der Waals surface area contributed by atoms with Crippen molar-refractivity contribution in [2.45, 2.75) is 58.0 Å². The molecule has 1 saturated heterocycles. The van der Waals surface area contributed by atoms with Crippen molar-refractivity contribution in [3.8, 4) is 0 Å². The Kier molecular flexibility index (Phi) is 5.89. The molecule has 1 N–H and O–H groups in total. The highest BCUT2D eigenvalue weighted by molar-refractivity contribution is 7.89. The summed E-state index contributed by atoms with van der Waals surface area (Å²) >= 11 is 0. The van der Waals surface area contributed by atoms with Gasteiger partial charge in [0.2, 0.25) is 10.0 Å². The van der Waals surface area contributed by atoms with Gasteiger partial charge in [0.15, 0.2) is 0 Å². The molecule has 1 aliphatic heterocycles. The van der Waals surface area contributed by atoms with Crippen LogP contribution in [0.3, 0.4) is 0 Å². The van der Waals surface area contributed by atoms with Crippen LogP contribution >= 0.6 is 0 Å². The molecule has 0 aromatic rings. The summed E-state index contributed by atoms with van der Waals surface area (Å²) < 4.78 is 26.3. The van der Waals surface area contributed by atoms with Crippen LogP contribution in [0.25, 0.3) is 0 Å². The largest absolute Gasteiger partial charge is 0.320 e. The van der Waals surface area contributed by atoms with Crippen molar-refractivity contribution in [2.24, 2.45) is 0 Å². The molecule has 2 unspecified atom stereocenters. The number of rotatable bonds is 6. The van der Waals surface area contributed by atoms with E-state index in [9.17, 15) is 8.42 Å². The summed E-state index contributed by atoms with van der Waals surface area (Å²) in [6.45, 7) is 4.95. The molecule has 1 rings (SSSR count). The normalized spacial score (nSPS) is 27.2. The first kappa shape index (κ1) is 14.9. The number of hydrogen-bond acceptors (Lipinski definition) is 3. The predicted octanol–water partition coefficient (Wildman–Crippen LogP) is 1.58. The molecular formula is C12H26N2O2S. The third-order valence-electron chi connectivity index (χ3n) is 3.51. The van der Waals surface area contributed by atoms with Gasteiger partial charge >= 0.3 is 0 Å². The van der Waals surface area contributed by atoms with Crippen LogP contribution in [-0.2, 0) is 10.0 Å². The molecule has 0 saturated carbocycles. The minimum Gasteiger partial charge on any atom is -0.320 e. The molecule has 5 heteroatoms. The van der Waals surface area contributed by atoms with Gasteiger partial charge in [-0.2, -0.15) is 4.31 Å². The second kappa shape index (κ2) is 6.71. The van der Waals surface area contributed by atoms with Crippen LogP contribution in [0.15, 0.2) is 0 Å². The maximum absolute atomic E-state index is 12.3. The Morgan fingerprint density at radius 1 is 1.18 bits per heavy atom. The van der Waals surface area contributed by atoms with Gasteiger partial charge in [0.1, 0.15) is 0 Å². The van der Waals surface area contributed by atoms with Crippen LogP contribution < -0.4 is 5.32 Å². The number of piperidine rings is 1. The van der Waals surface area contributed by atoms with Crippen LogP contribution in [0.4, 0.5) is 0 Å². The fourth-order valence-electron chi connectivity index (χ4n) is 2.64. The van der Waals surface area contributed by atoms with E-state index in [1.807, 2.05) is 20.9 Å². The van der Waals surface area contributed by atoms with Crippen molar-refractivity contribution >= 4 is 10.0 Å². The summed E-state index contributed by atoms with van der Waals surface area (Å²) in [6.07, 6.45) is 4.82. The Morgan fingerprint density at radius 3 is 2.29 bits per heavy atom. The van der Waals surface area contributed by atoms with Crippen LogP contribution in [0.5, 0.6) is 0 Å². The first-order valence-electron chi connectivity index (χ1n) is 6.65. The summed E-state index contributed by atoms with van der Waals surface area (Å²) in [4.78, 5) is 0. The van der Waals surface area contributed by atoms with Crippen LogP contribution in [0.2, 0.25) is 0 Å². The van der Waals surface area contributed by atoms with E-state index in [0.29, 0.717) is 5.75 Å². The van der Waals surface area contributed by atoms with Crippen molar-refractivity contribution in [3.63, 3.8) is 0 Å². The van der Waals surface area contributed by atoms with Gasteiger partial charge in [-0.05, 0) is 53.1 Å². The monoisotopic (exact) mass is 262 g/mol. The average Bonchev–Trinajstić information content (AvgIpc) is 2.24. The topological polar surface area (TPSA) is 49.4 Å². The lowest BCUT2D eigenvalue weighted by atomic mass is 10.0. The van der Waals surface area contributed by atoms with E-state index in [1.165, 1.54) is 0 Å². The van der Waals surface area contributed by atoms with E-state index in [2.05, 4.69) is 5.32 Å². The molecule has 0 amide bonds. The summed E-state index contributed by atoms with van der Waals surface area (Å²) in [5.41, 5.74) is 0. The third-order valence-corrected chi connectivity index (χ3v) is 5.68. The van der Waals surface area contributed by atoms with Crippen LogP contribution in [0.1, 0.15) is 46.0 Å². The second-order valence-corrected chi connectivity index (χ2v) is 7.08. The molecule has 1 aliphatic rings.